The van der Waals surface area contributed by atoms with E-state index in [4.69, 9.17) is 0 Å². The van der Waals surface area contributed by atoms with Gasteiger partial charge in [-0.3, -0.25) is 0 Å². The van der Waals surface area contributed by atoms with E-state index in [1.165, 1.54) is 23.2 Å². The van der Waals surface area contributed by atoms with Crippen LogP contribution in [0.25, 0.3) is 0 Å². The summed E-state index contributed by atoms with van der Waals surface area (Å²) in [5.74, 6) is 0. The van der Waals surface area contributed by atoms with Crippen LogP contribution in [0.15, 0.2) is 60.7 Å². The first-order valence-corrected chi connectivity index (χ1v) is 7.32. The third-order valence-electron chi connectivity index (χ3n) is 2.58. The first-order chi connectivity index (χ1) is 7.92. The molecule has 0 N–H and O–H groups in total. The van der Waals surface area contributed by atoms with Gasteiger partial charge in [-0.1, -0.05) is 74.0 Å². The van der Waals surface area contributed by atoms with Crippen LogP contribution in [0.2, 0.25) is 0 Å². The molecule has 0 saturated heterocycles. The molecule has 0 bridgehead atoms. The van der Waals surface area contributed by atoms with Crippen LogP contribution >= 0.6 is 20.3 Å². The van der Waals surface area contributed by atoms with Gasteiger partial charge in [-0.15, -0.1) is 12.4 Å². The van der Waals surface area contributed by atoms with Crippen molar-refractivity contribution in [2.75, 3.05) is 6.16 Å². The van der Waals surface area contributed by atoms with Gasteiger partial charge in [0.1, 0.15) is 0 Å². The molecule has 0 radical (unpaired) electrons. The largest absolute Gasteiger partial charge is 0.147 e. The Hall–Kier alpha value is -0.321. The van der Waals surface area contributed by atoms with Gasteiger partial charge in [0.05, 0.1) is 0 Å². The SMILES string of the molecule is CCCP(c1ccccc1)c1ccccc1.Cl.[Fe]. The molecule has 0 atom stereocenters. The molecule has 0 spiro atoms. The van der Waals surface area contributed by atoms with Crippen LogP contribution in [0.5, 0.6) is 0 Å². The second kappa shape index (κ2) is 9.59. The summed E-state index contributed by atoms with van der Waals surface area (Å²) < 4.78 is 0. The van der Waals surface area contributed by atoms with Gasteiger partial charge < -0.3 is 0 Å². The number of halogens is 1. The molecule has 0 aromatic heterocycles. The topological polar surface area (TPSA) is 0 Å². The van der Waals surface area contributed by atoms with Crippen molar-refractivity contribution in [2.24, 2.45) is 0 Å². The average Bonchev–Trinajstić information content (AvgIpc) is 2.38. The minimum Gasteiger partial charge on any atom is -0.147 e. The Labute approximate surface area is 128 Å². The molecule has 0 aliphatic heterocycles. The van der Waals surface area contributed by atoms with Crippen LogP contribution in [0.4, 0.5) is 0 Å². The van der Waals surface area contributed by atoms with Crippen molar-refractivity contribution in [1.29, 1.82) is 0 Å². The second-order valence-corrected chi connectivity index (χ2v) is 6.16. The molecule has 3 heteroatoms. The fourth-order valence-electron chi connectivity index (χ4n) is 1.85. The van der Waals surface area contributed by atoms with Crippen LogP contribution in [0.1, 0.15) is 13.3 Å². The molecular weight excluding hydrogens is 302 g/mol. The monoisotopic (exact) mass is 320 g/mol. The summed E-state index contributed by atoms with van der Waals surface area (Å²) in [7, 11) is -0.151. The molecule has 2 aromatic carbocycles. The third-order valence-corrected chi connectivity index (χ3v) is 5.32. The maximum Gasteiger partial charge on any atom is 0 e. The maximum absolute atomic E-state index is 2.27. The van der Waals surface area contributed by atoms with Crippen LogP contribution in [-0.4, -0.2) is 6.16 Å². The second-order valence-electron chi connectivity index (χ2n) is 3.82. The van der Waals surface area contributed by atoms with Crippen molar-refractivity contribution < 1.29 is 17.1 Å². The molecular formula is C15H18ClFeP. The number of rotatable bonds is 4. The van der Waals surface area contributed by atoms with Gasteiger partial charge in [-0.05, 0) is 24.7 Å². The quantitative estimate of drug-likeness (QED) is 0.591. The summed E-state index contributed by atoms with van der Waals surface area (Å²) in [4.78, 5) is 0. The fraction of sp³-hybridized carbons (Fsp3) is 0.200. The van der Waals surface area contributed by atoms with E-state index >= 15 is 0 Å². The van der Waals surface area contributed by atoms with Gasteiger partial charge in [0.2, 0.25) is 0 Å². The Morgan fingerprint density at radius 2 is 1.17 bits per heavy atom. The predicted octanol–water partition coefficient (Wildman–Crippen LogP) is 3.95. The zero-order valence-corrected chi connectivity index (χ0v) is 13.2. The number of hydrogen-bond acceptors (Lipinski definition) is 0. The summed E-state index contributed by atoms with van der Waals surface area (Å²) in [6.07, 6.45) is 2.53. The first kappa shape index (κ1) is 17.7. The van der Waals surface area contributed by atoms with Crippen LogP contribution in [0.3, 0.4) is 0 Å². The smallest absolute Gasteiger partial charge is 0 e. The van der Waals surface area contributed by atoms with Crippen molar-refractivity contribution in [3.05, 3.63) is 60.7 Å². The van der Waals surface area contributed by atoms with Crippen LogP contribution < -0.4 is 10.6 Å². The Kier molecular flexibility index (Phi) is 9.42. The first-order valence-electron chi connectivity index (χ1n) is 5.79. The van der Waals surface area contributed by atoms with E-state index < -0.39 is 0 Å². The molecule has 0 saturated carbocycles. The molecule has 2 aromatic rings. The molecule has 18 heavy (non-hydrogen) atoms. The number of benzene rings is 2. The van der Waals surface area contributed by atoms with Gasteiger partial charge in [0, 0.05) is 17.1 Å². The Balaban J connectivity index is 0.00000144. The Morgan fingerprint density at radius 3 is 1.50 bits per heavy atom. The van der Waals surface area contributed by atoms with E-state index in [0.717, 1.165) is 0 Å². The summed E-state index contributed by atoms with van der Waals surface area (Å²) in [6.45, 7) is 2.27. The van der Waals surface area contributed by atoms with Crippen molar-refractivity contribution in [1.82, 2.24) is 0 Å². The summed E-state index contributed by atoms with van der Waals surface area (Å²) in [5.41, 5.74) is 0. The van der Waals surface area contributed by atoms with E-state index in [1.807, 2.05) is 0 Å². The summed E-state index contributed by atoms with van der Waals surface area (Å²) in [6, 6.07) is 21.8. The molecule has 0 fully saturated rings. The maximum atomic E-state index is 2.27. The van der Waals surface area contributed by atoms with Crippen molar-refractivity contribution in [3.8, 4) is 0 Å². The van der Waals surface area contributed by atoms with Gasteiger partial charge in [-0.2, -0.15) is 0 Å². The summed E-state index contributed by atoms with van der Waals surface area (Å²) >= 11 is 0. The molecule has 0 heterocycles. The van der Waals surface area contributed by atoms with Crippen molar-refractivity contribution in [2.45, 2.75) is 13.3 Å². The minimum absolute atomic E-state index is 0. The van der Waals surface area contributed by atoms with E-state index in [-0.39, 0.29) is 37.4 Å². The predicted molar refractivity (Wildman–Crippen MR) is 81.5 cm³/mol. The van der Waals surface area contributed by atoms with Gasteiger partial charge >= 0.3 is 0 Å². The zero-order valence-electron chi connectivity index (χ0n) is 10.4. The van der Waals surface area contributed by atoms with E-state index in [1.54, 1.807) is 0 Å². The Bertz CT molecular complexity index is 380. The molecule has 0 nitrogen and oxygen atoms in total. The van der Waals surface area contributed by atoms with Crippen LogP contribution in [0, 0.1) is 0 Å². The molecule has 0 amide bonds. The molecule has 98 valence electrons. The van der Waals surface area contributed by atoms with Crippen LogP contribution in [-0.2, 0) is 17.1 Å². The fourth-order valence-corrected chi connectivity index (χ4v) is 4.17. The zero-order chi connectivity index (χ0) is 11.2. The average molecular weight is 321 g/mol. The minimum atomic E-state index is -0.151. The molecule has 0 unspecified atom stereocenters. The molecule has 0 aliphatic carbocycles. The molecule has 0 aliphatic rings. The van der Waals surface area contributed by atoms with E-state index in [2.05, 4.69) is 67.6 Å². The van der Waals surface area contributed by atoms with Gasteiger partial charge in [-0.25, -0.2) is 0 Å². The van der Waals surface area contributed by atoms with Gasteiger partial charge in [0.15, 0.2) is 0 Å². The van der Waals surface area contributed by atoms with Gasteiger partial charge in [0.25, 0.3) is 0 Å². The Morgan fingerprint density at radius 1 is 0.778 bits per heavy atom. The molecule has 2 rings (SSSR count). The summed E-state index contributed by atoms with van der Waals surface area (Å²) in [5, 5.41) is 2.98. The number of hydrogen-bond donors (Lipinski definition) is 0. The van der Waals surface area contributed by atoms with E-state index in [0.29, 0.717) is 0 Å². The standard InChI is InChI=1S/C15H17P.ClH.Fe/c1-2-13-16(14-9-5-3-6-10-14)15-11-7-4-8-12-15;;/h3-12H,2,13H2,1H3;1H;. The van der Waals surface area contributed by atoms with Crippen molar-refractivity contribution in [3.63, 3.8) is 0 Å². The van der Waals surface area contributed by atoms with Crippen molar-refractivity contribution >= 4 is 30.9 Å². The third kappa shape index (κ3) is 4.75. The normalized spacial score (nSPS) is 9.44. The van der Waals surface area contributed by atoms with E-state index in [9.17, 15) is 0 Å².